The number of hydrogen-bond acceptors (Lipinski definition) is 2. The van der Waals surface area contributed by atoms with Crippen molar-refractivity contribution in [1.29, 1.82) is 0 Å². The highest BCUT2D eigenvalue weighted by molar-refractivity contribution is 7.16. The van der Waals surface area contributed by atoms with Gasteiger partial charge in [-0.25, -0.2) is 4.39 Å². The number of aliphatic hydroxyl groups excluding tert-OH is 1. The Labute approximate surface area is 110 Å². The Balaban J connectivity index is 2.32. The molecule has 1 N–H and O–H groups in total. The van der Waals surface area contributed by atoms with Gasteiger partial charge in [0.25, 0.3) is 0 Å². The molecule has 0 saturated heterocycles. The van der Waals surface area contributed by atoms with Gasteiger partial charge in [0.2, 0.25) is 0 Å². The van der Waals surface area contributed by atoms with Crippen molar-refractivity contribution in [3.63, 3.8) is 0 Å². The lowest BCUT2D eigenvalue weighted by Crippen LogP contribution is -1.86. The van der Waals surface area contributed by atoms with E-state index in [1.807, 2.05) is 31.2 Å². The van der Waals surface area contributed by atoms with Crippen LogP contribution in [0.15, 0.2) is 42.0 Å². The number of benzene rings is 1. The molecule has 0 aliphatic carbocycles. The largest absolute Gasteiger partial charge is 0.392 e. The van der Waals surface area contributed by atoms with Gasteiger partial charge in [-0.15, -0.1) is 11.3 Å². The van der Waals surface area contributed by atoms with E-state index in [1.54, 1.807) is 12.1 Å². The molecule has 1 aromatic heterocycles. The summed E-state index contributed by atoms with van der Waals surface area (Å²) in [5, 5.41) is 9.13. The van der Waals surface area contributed by atoms with E-state index in [1.165, 1.54) is 17.4 Å². The lowest BCUT2D eigenvalue weighted by molar-refractivity contribution is 0.329. The molecule has 1 aromatic carbocycles. The Bertz CT molecular complexity index is 551. The molecule has 2 aromatic rings. The second-order valence-corrected chi connectivity index (χ2v) is 5.11. The normalized spacial score (nSPS) is 11.8. The van der Waals surface area contributed by atoms with Gasteiger partial charge in [0, 0.05) is 15.3 Å². The van der Waals surface area contributed by atoms with Crippen molar-refractivity contribution in [2.24, 2.45) is 0 Å². The van der Waals surface area contributed by atoms with Crippen LogP contribution in [0.1, 0.15) is 18.2 Å². The quantitative estimate of drug-likeness (QED) is 0.869. The minimum atomic E-state index is -0.201. The summed E-state index contributed by atoms with van der Waals surface area (Å²) < 4.78 is 13.6. The smallest absolute Gasteiger partial charge is 0.131 e. The number of aliphatic hydroxyl groups is 1. The molecule has 2 rings (SSSR count). The summed E-state index contributed by atoms with van der Waals surface area (Å²) >= 11 is 1.53. The lowest BCUT2D eigenvalue weighted by Gasteiger charge is -1.99. The summed E-state index contributed by atoms with van der Waals surface area (Å²) in [7, 11) is 0. The van der Waals surface area contributed by atoms with Gasteiger partial charge in [-0.1, -0.05) is 25.1 Å². The van der Waals surface area contributed by atoms with Gasteiger partial charge in [-0.05, 0) is 36.3 Å². The van der Waals surface area contributed by atoms with Crippen molar-refractivity contribution < 1.29 is 9.50 Å². The summed E-state index contributed by atoms with van der Waals surface area (Å²) in [5.74, 6) is -0.201. The molecule has 0 radical (unpaired) electrons. The molecule has 94 valence electrons. The predicted octanol–water partition coefficient (Wildman–Crippen LogP) is 4.34. The molecule has 0 unspecified atom stereocenters. The third-order valence-corrected chi connectivity index (χ3v) is 3.84. The molecule has 0 fully saturated rings. The van der Waals surface area contributed by atoms with Crippen molar-refractivity contribution >= 4 is 17.4 Å². The molecule has 0 aliphatic rings. The van der Waals surface area contributed by atoms with Crippen molar-refractivity contribution in [3.05, 3.63) is 52.7 Å². The van der Waals surface area contributed by atoms with Crippen LogP contribution in [-0.2, 0) is 0 Å². The second-order valence-electron chi connectivity index (χ2n) is 4.00. The topological polar surface area (TPSA) is 20.2 Å². The fourth-order valence-electron chi connectivity index (χ4n) is 1.70. The Kier molecular flexibility index (Phi) is 4.28. The van der Waals surface area contributed by atoms with Gasteiger partial charge < -0.3 is 5.11 Å². The first-order valence-corrected chi connectivity index (χ1v) is 6.71. The van der Waals surface area contributed by atoms with Gasteiger partial charge in [-0.2, -0.15) is 0 Å². The van der Waals surface area contributed by atoms with E-state index in [0.717, 1.165) is 21.7 Å². The van der Waals surface area contributed by atoms with Crippen LogP contribution < -0.4 is 0 Å². The van der Waals surface area contributed by atoms with E-state index >= 15 is 0 Å². The molecule has 0 saturated carbocycles. The van der Waals surface area contributed by atoms with Gasteiger partial charge in [-0.3, -0.25) is 0 Å². The van der Waals surface area contributed by atoms with Gasteiger partial charge >= 0.3 is 0 Å². The minimum absolute atomic E-state index is 0.0728. The van der Waals surface area contributed by atoms with E-state index in [2.05, 4.69) is 0 Å². The maximum atomic E-state index is 13.6. The Morgan fingerprint density at radius 1 is 1.28 bits per heavy atom. The third kappa shape index (κ3) is 2.86. The number of rotatable bonds is 4. The van der Waals surface area contributed by atoms with Crippen LogP contribution >= 0.6 is 11.3 Å². The van der Waals surface area contributed by atoms with Crippen LogP contribution in [0.3, 0.4) is 0 Å². The molecule has 1 nitrogen and oxygen atoms in total. The summed E-state index contributed by atoms with van der Waals surface area (Å²) in [6.07, 6.45) is 2.79. The van der Waals surface area contributed by atoms with Gasteiger partial charge in [0.05, 0.1) is 6.61 Å². The summed E-state index contributed by atoms with van der Waals surface area (Å²) in [6.45, 7) is 2.08. The van der Waals surface area contributed by atoms with Gasteiger partial charge in [0.15, 0.2) is 0 Å². The summed E-state index contributed by atoms with van der Waals surface area (Å²) in [6, 6.07) is 10.6. The highest BCUT2D eigenvalue weighted by Crippen LogP contribution is 2.31. The third-order valence-electron chi connectivity index (χ3n) is 2.77. The fourth-order valence-corrected chi connectivity index (χ4v) is 2.72. The van der Waals surface area contributed by atoms with Crippen LogP contribution in [0.25, 0.3) is 16.5 Å². The van der Waals surface area contributed by atoms with Crippen LogP contribution in [0.5, 0.6) is 0 Å². The van der Waals surface area contributed by atoms with Crippen molar-refractivity contribution in [3.8, 4) is 10.4 Å². The van der Waals surface area contributed by atoms with Crippen LogP contribution in [0.2, 0.25) is 0 Å². The highest BCUT2D eigenvalue weighted by atomic mass is 32.1. The maximum Gasteiger partial charge on any atom is 0.131 e. The first-order chi connectivity index (χ1) is 8.74. The van der Waals surface area contributed by atoms with Crippen LogP contribution in [0, 0.1) is 5.82 Å². The molecule has 0 atom stereocenters. The minimum Gasteiger partial charge on any atom is -0.392 e. The highest BCUT2D eigenvalue weighted by Gasteiger charge is 2.06. The van der Waals surface area contributed by atoms with Gasteiger partial charge in [0.1, 0.15) is 5.82 Å². The van der Waals surface area contributed by atoms with Crippen LogP contribution in [-0.4, -0.2) is 11.7 Å². The molecular weight excluding hydrogens is 247 g/mol. The van der Waals surface area contributed by atoms with E-state index in [-0.39, 0.29) is 12.4 Å². The average molecular weight is 262 g/mol. The standard InChI is InChI=1S/C15H15FOS/c1-2-11(10-17)9-12-7-8-15(18-12)13-5-3-4-6-14(13)16/h3-9,17H,2,10H2,1H3. The van der Waals surface area contributed by atoms with E-state index < -0.39 is 0 Å². The zero-order chi connectivity index (χ0) is 13.0. The Morgan fingerprint density at radius 3 is 2.72 bits per heavy atom. The molecule has 1 heterocycles. The zero-order valence-electron chi connectivity index (χ0n) is 10.2. The lowest BCUT2D eigenvalue weighted by atomic mass is 10.1. The average Bonchev–Trinajstić information content (AvgIpc) is 2.85. The summed E-state index contributed by atoms with van der Waals surface area (Å²) in [5.41, 5.74) is 1.61. The zero-order valence-corrected chi connectivity index (χ0v) is 11.0. The first kappa shape index (κ1) is 13.0. The molecule has 0 spiro atoms. The summed E-state index contributed by atoms with van der Waals surface area (Å²) in [4.78, 5) is 1.95. The number of halogens is 1. The van der Waals surface area contributed by atoms with E-state index in [0.29, 0.717) is 5.56 Å². The van der Waals surface area contributed by atoms with Crippen molar-refractivity contribution in [2.45, 2.75) is 13.3 Å². The maximum absolute atomic E-state index is 13.6. The molecule has 0 amide bonds. The predicted molar refractivity (Wildman–Crippen MR) is 75.1 cm³/mol. The SMILES string of the molecule is CCC(=Cc1ccc(-c2ccccc2F)s1)CO. The number of thiophene rings is 1. The molecule has 0 aliphatic heterocycles. The Morgan fingerprint density at radius 2 is 2.06 bits per heavy atom. The molecule has 18 heavy (non-hydrogen) atoms. The Hall–Kier alpha value is -1.45. The fraction of sp³-hybridized carbons (Fsp3) is 0.200. The van der Waals surface area contributed by atoms with Crippen molar-refractivity contribution in [1.82, 2.24) is 0 Å². The molecule has 3 heteroatoms. The molecule has 0 bridgehead atoms. The van der Waals surface area contributed by atoms with E-state index in [4.69, 9.17) is 5.11 Å². The number of hydrogen-bond donors (Lipinski definition) is 1. The first-order valence-electron chi connectivity index (χ1n) is 5.89. The van der Waals surface area contributed by atoms with Crippen LogP contribution in [0.4, 0.5) is 4.39 Å². The van der Waals surface area contributed by atoms with Crippen molar-refractivity contribution in [2.75, 3.05) is 6.61 Å². The monoisotopic (exact) mass is 262 g/mol. The second kappa shape index (κ2) is 5.94. The molecular formula is C15H15FOS. The van der Waals surface area contributed by atoms with E-state index in [9.17, 15) is 4.39 Å².